The standard InChI is InChI=1S/C9H14N2O/c1-4-10-9(12)8-5-7(2)6-11(8)3/h5-6H,4H2,1-3H3,(H,10,12). The highest BCUT2D eigenvalue weighted by molar-refractivity contribution is 5.92. The lowest BCUT2D eigenvalue weighted by atomic mass is 10.3. The number of rotatable bonds is 2. The third kappa shape index (κ3) is 1.67. The number of nitrogens with zero attached hydrogens (tertiary/aromatic N) is 1. The van der Waals surface area contributed by atoms with Crippen LogP contribution in [0.15, 0.2) is 12.3 Å². The molecule has 1 rings (SSSR count). The smallest absolute Gasteiger partial charge is 0.267 e. The Labute approximate surface area is 72.4 Å². The Balaban J connectivity index is 2.87. The Morgan fingerprint density at radius 2 is 2.33 bits per heavy atom. The molecule has 0 aliphatic carbocycles. The van der Waals surface area contributed by atoms with E-state index in [2.05, 4.69) is 5.32 Å². The van der Waals surface area contributed by atoms with Gasteiger partial charge in [-0.2, -0.15) is 0 Å². The summed E-state index contributed by atoms with van der Waals surface area (Å²) >= 11 is 0. The second-order valence-corrected chi connectivity index (χ2v) is 2.87. The van der Waals surface area contributed by atoms with E-state index in [-0.39, 0.29) is 5.91 Å². The van der Waals surface area contributed by atoms with Gasteiger partial charge >= 0.3 is 0 Å². The zero-order valence-corrected chi connectivity index (χ0v) is 7.72. The van der Waals surface area contributed by atoms with Gasteiger partial charge in [0.15, 0.2) is 0 Å². The molecule has 1 heterocycles. The molecule has 1 N–H and O–H groups in total. The van der Waals surface area contributed by atoms with Crippen LogP contribution in [0.1, 0.15) is 23.0 Å². The molecule has 12 heavy (non-hydrogen) atoms. The van der Waals surface area contributed by atoms with Crippen molar-refractivity contribution >= 4 is 5.91 Å². The molecule has 1 amide bonds. The van der Waals surface area contributed by atoms with Crippen molar-refractivity contribution in [2.75, 3.05) is 6.54 Å². The number of amides is 1. The highest BCUT2D eigenvalue weighted by atomic mass is 16.1. The first kappa shape index (κ1) is 8.84. The van der Waals surface area contributed by atoms with Crippen molar-refractivity contribution in [3.8, 4) is 0 Å². The van der Waals surface area contributed by atoms with E-state index < -0.39 is 0 Å². The Kier molecular flexibility index (Phi) is 2.53. The van der Waals surface area contributed by atoms with Crippen LogP contribution in [0.25, 0.3) is 0 Å². The van der Waals surface area contributed by atoms with Crippen LogP contribution in [0.2, 0.25) is 0 Å². The van der Waals surface area contributed by atoms with E-state index in [4.69, 9.17) is 0 Å². The predicted molar refractivity (Wildman–Crippen MR) is 48.2 cm³/mol. The van der Waals surface area contributed by atoms with Gasteiger partial charge in [-0.3, -0.25) is 4.79 Å². The first-order valence-electron chi connectivity index (χ1n) is 4.06. The zero-order valence-electron chi connectivity index (χ0n) is 7.72. The molecule has 1 aromatic heterocycles. The van der Waals surface area contributed by atoms with E-state index in [1.165, 1.54) is 0 Å². The zero-order chi connectivity index (χ0) is 9.14. The fourth-order valence-electron chi connectivity index (χ4n) is 1.21. The van der Waals surface area contributed by atoms with Crippen LogP contribution >= 0.6 is 0 Å². The van der Waals surface area contributed by atoms with E-state index in [1.54, 1.807) is 0 Å². The maximum absolute atomic E-state index is 11.3. The van der Waals surface area contributed by atoms with Crippen LogP contribution in [0.3, 0.4) is 0 Å². The molecule has 0 unspecified atom stereocenters. The highest BCUT2D eigenvalue weighted by Gasteiger charge is 2.07. The average Bonchev–Trinajstić information content (AvgIpc) is 2.30. The van der Waals surface area contributed by atoms with Gasteiger partial charge in [-0.15, -0.1) is 0 Å². The monoisotopic (exact) mass is 166 g/mol. The molecule has 0 radical (unpaired) electrons. The van der Waals surface area contributed by atoms with Crippen LogP contribution in [0, 0.1) is 6.92 Å². The molecule has 3 nitrogen and oxygen atoms in total. The summed E-state index contributed by atoms with van der Waals surface area (Å²) in [6, 6.07) is 1.88. The van der Waals surface area contributed by atoms with Crippen molar-refractivity contribution in [1.82, 2.24) is 9.88 Å². The molecule has 1 aromatic rings. The maximum Gasteiger partial charge on any atom is 0.267 e. The normalized spacial score (nSPS) is 9.92. The SMILES string of the molecule is CCNC(=O)c1cc(C)cn1C. The highest BCUT2D eigenvalue weighted by Crippen LogP contribution is 2.04. The number of carbonyl (C=O) groups excluding carboxylic acids is 1. The minimum atomic E-state index is -0.00639. The molecule has 0 bridgehead atoms. The summed E-state index contributed by atoms with van der Waals surface area (Å²) in [5.41, 5.74) is 1.83. The molecular formula is C9H14N2O. The number of carbonyl (C=O) groups is 1. The molecule has 66 valence electrons. The third-order valence-corrected chi connectivity index (χ3v) is 1.71. The number of hydrogen-bond donors (Lipinski definition) is 1. The van der Waals surface area contributed by atoms with Gasteiger partial charge in [-0.25, -0.2) is 0 Å². The van der Waals surface area contributed by atoms with E-state index in [9.17, 15) is 4.79 Å². The molecular weight excluding hydrogens is 152 g/mol. The van der Waals surface area contributed by atoms with E-state index in [0.29, 0.717) is 12.2 Å². The van der Waals surface area contributed by atoms with Crippen molar-refractivity contribution in [3.05, 3.63) is 23.5 Å². The number of hydrogen-bond acceptors (Lipinski definition) is 1. The minimum absolute atomic E-state index is 0.00639. The molecule has 0 aliphatic heterocycles. The average molecular weight is 166 g/mol. The predicted octanol–water partition coefficient (Wildman–Crippen LogP) is 1.08. The number of aryl methyl sites for hydroxylation is 2. The molecule has 0 aliphatic rings. The van der Waals surface area contributed by atoms with Crippen molar-refractivity contribution < 1.29 is 4.79 Å². The quantitative estimate of drug-likeness (QED) is 0.701. The molecule has 0 aromatic carbocycles. The summed E-state index contributed by atoms with van der Waals surface area (Å²) in [5.74, 6) is -0.00639. The van der Waals surface area contributed by atoms with Gasteiger partial charge in [0.2, 0.25) is 0 Å². The maximum atomic E-state index is 11.3. The van der Waals surface area contributed by atoms with E-state index in [1.807, 2.05) is 37.7 Å². The Morgan fingerprint density at radius 3 is 2.75 bits per heavy atom. The van der Waals surface area contributed by atoms with Crippen molar-refractivity contribution in [2.24, 2.45) is 7.05 Å². The molecule has 0 spiro atoms. The first-order valence-corrected chi connectivity index (χ1v) is 4.06. The number of nitrogens with one attached hydrogen (secondary N) is 1. The van der Waals surface area contributed by atoms with Crippen LogP contribution < -0.4 is 5.32 Å². The van der Waals surface area contributed by atoms with Gasteiger partial charge in [-0.1, -0.05) is 0 Å². The summed E-state index contributed by atoms with van der Waals surface area (Å²) in [6.07, 6.45) is 1.94. The lowest BCUT2D eigenvalue weighted by Gasteiger charge is -2.01. The summed E-state index contributed by atoms with van der Waals surface area (Å²) in [7, 11) is 1.87. The second kappa shape index (κ2) is 3.43. The Morgan fingerprint density at radius 1 is 1.67 bits per heavy atom. The van der Waals surface area contributed by atoms with Crippen LogP contribution in [0.5, 0.6) is 0 Å². The third-order valence-electron chi connectivity index (χ3n) is 1.71. The van der Waals surface area contributed by atoms with Gasteiger partial charge in [0.25, 0.3) is 5.91 Å². The largest absolute Gasteiger partial charge is 0.351 e. The van der Waals surface area contributed by atoms with Gasteiger partial charge in [-0.05, 0) is 25.5 Å². The van der Waals surface area contributed by atoms with E-state index in [0.717, 1.165) is 5.56 Å². The van der Waals surface area contributed by atoms with Crippen molar-refractivity contribution in [3.63, 3.8) is 0 Å². The Bertz CT molecular complexity index is 289. The van der Waals surface area contributed by atoms with Gasteiger partial charge in [0.05, 0.1) is 0 Å². The molecule has 3 heteroatoms. The van der Waals surface area contributed by atoms with Crippen LogP contribution in [0.4, 0.5) is 0 Å². The van der Waals surface area contributed by atoms with E-state index >= 15 is 0 Å². The molecule has 0 fully saturated rings. The fourth-order valence-corrected chi connectivity index (χ4v) is 1.21. The van der Waals surface area contributed by atoms with Crippen LogP contribution in [-0.4, -0.2) is 17.0 Å². The molecule has 0 saturated carbocycles. The summed E-state index contributed by atoms with van der Waals surface area (Å²) < 4.78 is 1.83. The lowest BCUT2D eigenvalue weighted by Crippen LogP contribution is -2.24. The van der Waals surface area contributed by atoms with Crippen molar-refractivity contribution in [1.29, 1.82) is 0 Å². The van der Waals surface area contributed by atoms with Gasteiger partial charge < -0.3 is 9.88 Å². The second-order valence-electron chi connectivity index (χ2n) is 2.87. The summed E-state index contributed by atoms with van der Waals surface area (Å²) in [6.45, 7) is 4.56. The van der Waals surface area contributed by atoms with Gasteiger partial charge in [0.1, 0.15) is 5.69 Å². The number of aromatic nitrogens is 1. The minimum Gasteiger partial charge on any atom is -0.351 e. The van der Waals surface area contributed by atoms with Gasteiger partial charge in [0, 0.05) is 19.8 Å². The van der Waals surface area contributed by atoms with Crippen LogP contribution in [-0.2, 0) is 7.05 Å². The van der Waals surface area contributed by atoms with Crippen molar-refractivity contribution in [2.45, 2.75) is 13.8 Å². The topological polar surface area (TPSA) is 34.0 Å². The molecule has 0 atom stereocenters. The first-order chi connectivity index (χ1) is 5.65. The Hall–Kier alpha value is -1.25. The lowest BCUT2D eigenvalue weighted by molar-refractivity contribution is 0.0948. The fraction of sp³-hybridized carbons (Fsp3) is 0.444. The summed E-state index contributed by atoms with van der Waals surface area (Å²) in [5, 5.41) is 2.76. The molecule has 0 saturated heterocycles. The summed E-state index contributed by atoms with van der Waals surface area (Å²) in [4.78, 5) is 11.3.